The van der Waals surface area contributed by atoms with Crippen molar-refractivity contribution >= 4 is 34.4 Å². The summed E-state index contributed by atoms with van der Waals surface area (Å²) in [5.74, 6) is 0.752. The predicted octanol–water partition coefficient (Wildman–Crippen LogP) is 2.34. The van der Waals surface area contributed by atoms with Gasteiger partial charge in [-0.2, -0.15) is 0 Å². The second-order valence-corrected chi connectivity index (χ2v) is 6.23. The number of ether oxygens (including phenoxy) is 2. The van der Waals surface area contributed by atoms with Crippen LogP contribution in [0.25, 0.3) is 0 Å². The maximum Gasteiger partial charge on any atom is 0.252 e. The molecule has 1 unspecified atom stereocenters. The highest BCUT2D eigenvalue weighted by Gasteiger charge is 2.15. The summed E-state index contributed by atoms with van der Waals surface area (Å²) >= 11 is 2.07. The van der Waals surface area contributed by atoms with Gasteiger partial charge in [-0.25, -0.2) is 0 Å². The van der Waals surface area contributed by atoms with E-state index in [2.05, 4.69) is 33.2 Å². The zero-order valence-electron chi connectivity index (χ0n) is 13.9. The van der Waals surface area contributed by atoms with Gasteiger partial charge in [-0.1, -0.05) is 6.92 Å². The Hall–Kier alpha value is -1.51. The molecule has 128 valence electrons. The van der Waals surface area contributed by atoms with Crippen LogP contribution >= 0.6 is 22.6 Å². The van der Waals surface area contributed by atoms with E-state index >= 15 is 0 Å². The molecule has 1 rings (SSSR count). The van der Waals surface area contributed by atoms with Crippen LogP contribution in [-0.2, 0) is 4.79 Å². The molecule has 0 heterocycles. The third kappa shape index (κ3) is 5.89. The third-order valence-corrected chi connectivity index (χ3v) is 4.27. The molecule has 2 amide bonds. The number of carbonyl (C=O) groups is 2. The number of benzene rings is 1. The molecule has 1 aromatic rings. The zero-order valence-corrected chi connectivity index (χ0v) is 16.0. The van der Waals surface area contributed by atoms with E-state index in [0.717, 1.165) is 9.99 Å². The van der Waals surface area contributed by atoms with Crippen molar-refractivity contribution in [2.75, 3.05) is 20.8 Å². The highest BCUT2D eigenvalue weighted by molar-refractivity contribution is 14.1. The Labute approximate surface area is 150 Å². The first kappa shape index (κ1) is 19.5. The van der Waals surface area contributed by atoms with Crippen LogP contribution in [0.3, 0.4) is 0 Å². The molecular formula is C16H23IN2O4. The van der Waals surface area contributed by atoms with Gasteiger partial charge >= 0.3 is 0 Å². The first-order valence-corrected chi connectivity index (χ1v) is 8.49. The van der Waals surface area contributed by atoms with Crippen molar-refractivity contribution < 1.29 is 19.1 Å². The van der Waals surface area contributed by atoms with Gasteiger partial charge in [0.15, 0.2) is 11.5 Å². The minimum absolute atomic E-state index is 0.0679. The molecule has 0 bridgehead atoms. The number of hydrogen-bond donors (Lipinski definition) is 2. The molecule has 0 aromatic heterocycles. The molecule has 0 aliphatic heterocycles. The van der Waals surface area contributed by atoms with Gasteiger partial charge in [-0.15, -0.1) is 0 Å². The Bertz CT molecular complexity index is 563. The SMILES string of the molecule is CCC(C)NC(=O)CCNC(=O)c1cc(OC)c(OC)cc1I. The molecule has 6 nitrogen and oxygen atoms in total. The van der Waals surface area contributed by atoms with Crippen molar-refractivity contribution in [1.29, 1.82) is 0 Å². The lowest BCUT2D eigenvalue weighted by Gasteiger charge is -2.13. The number of rotatable bonds is 8. The van der Waals surface area contributed by atoms with E-state index in [1.807, 2.05) is 13.8 Å². The highest BCUT2D eigenvalue weighted by Crippen LogP contribution is 2.31. The van der Waals surface area contributed by atoms with E-state index in [9.17, 15) is 9.59 Å². The number of hydrogen-bond acceptors (Lipinski definition) is 4. The van der Waals surface area contributed by atoms with Gasteiger partial charge in [0.25, 0.3) is 5.91 Å². The van der Waals surface area contributed by atoms with Crippen molar-refractivity contribution in [2.45, 2.75) is 32.7 Å². The van der Waals surface area contributed by atoms with E-state index < -0.39 is 0 Å². The fourth-order valence-electron chi connectivity index (χ4n) is 1.86. The normalized spacial score (nSPS) is 11.5. The Morgan fingerprint density at radius 3 is 2.39 bits per heavy atom. The van der Waals surface area contributed by atoms with Crippen LogP contribution in [0.5, 0.6) is 11.5 Å². The summed E-state index contributed by atoms with van der Waals surface area (Å²) in [5, 5.41) is 5.61. The van der Waals surface area contributed by atoms with Crippen molar-refractivity contribution in [2.24, 2.45) is 0 Å². The number of halogens is 1. The van der Waals surface area contributed by atoms with Crippen LogP contribution in [0.4, 0.5) is 0 Å². The molecule has 1 atom stereocenters. The second kappa shape index (κ2) is 9.59. The topological polar surface area (TPSA) is 76.7 Å². The van der Waals surface area contributed by atoms with Crippen LogP contribution in [0.2, 0.25) is 0 Å². The van der Waals surface area contributed by atoms with Gasteiger partial charge in [0.1, 0.15) is 0 Å². The molecule has 7 heteroatoms. The van der Waals surface area contributed by atoms with Gasteiger partial charge in [-0.05, 0) is 48.1 Å². The summed E-state index contributed by atoms with van der Waals surface area (Å²) in [4.78, 5) is 23.9. The standard InChI is InChI=1S/C16H23IN2O4/c1-5-10(2)19-15(20)6-7-18-16(21)11-8-13(22-3)14(23-4)9-12(11)17/h8-10H,5-7H2,1-4H3,(H,18,21)(H,19,20). The summed E-state index contributed by atoms with van der Waals surface area (Å²) in [7, 11) is 3.06. The molecule has 23 heavy (non-hydrogen) atoms. The van der Waals surface area contributed by atoms with Gasteiger partial charge < -0.3 is 20.1 Å². The monoisotopic (exact) mass is 434 g/mol. The van der Waals surface area contributed by atoms with Crippen LogP contribution in [0.15, 0.2) is 12.1 Å². The number of amides is 2. The van der Waals surface area contributed by atoms with E-state index in [0.29, 0.717) is 17.1 Å². The molecule has 1 aromatic carbocycles. The molecular weight excluding hydrogens is 411 g/mol. The van der Waals surface area contributed by atoms with E-state index in [1.54, 1.807) is 19.2 Å². The van der Waals surface area contributed by atoms with Gasteiger partial charge in [0, 0.05) is 22.6 Å². The molecule has 0 radical (unpaired) electrons. The number of nitrogens with one attached hydrogen (secondary N) is 2. The molecule has 2 N–H and O–H groups in total. The van der Waals surface area contributed by atoms with Gasteiger partial charge in [-0.3, -0.25) is 9.59 Å². The molecule has 0 saturated heterocycles. The van der Waals surface area contributed by atoms with Crippen LogP contribution in [-0.4, -0.2) is 38.6 Å². The Kier molecular flexibility index (Phi) is 8.15. The number of carbonyl (C=O) groups excluding carboxylic acids is 2. The summed E-state index contributed by atoms with van der Waals surface area (Å²) in [5.41, 5.74) is 0.491. The Morgan fingerprint density at radius 1 is 1.22 bits per heavy atom. The largest absolute Gasteiger partial charge is 0.493 e. The second-order valence-electron chi connectivity index (χ2n) is 5.07. The number of methoxy groups -OCH3 is 2. The van der Waals surface area contributed by atoms with E-state index in [1.165, 1.54) is 7.11 Å². The van der Waals surface area contributed by atoms with Crippen molar-refractivity contribution in [1.82, 2.24) is 10.6 Å². The summed E-state index contributed by atoms with van der Waals surface area (Å²) < 4.78 is 11.2. The summed E-state index contributed by atoms with van der Waals surface area (Å²) in [6, 6.07) is 3.52. The Balaban J connectivity index is 2.63. The maximum absolute atomic E-state index is 12.2. The van der Waals surface area contributed by atoms with Crippen LogP contribution in [0.1, 0.15) is 37.0 Å². The minimum Gasteiger partial charge on any atom is -0.493 e. The lowest BCUT2D eigenvalue weighted by atomic mass is 10.2. The third-order valence-electron chi connectivity index (χ3n) is 3.38. The van der Waals surface area contributed by atoms with Gasteiger partial charge in [0.2, 0.25) is 5.91 Å². The highest BCUT2D eigenvalue weighted by atomic mass is 127. The first-order valence-electron chi connectivity index (χ1n) is 7.42. The summed E-state index contributed by atoms with van der Waals surface area (Å²) in [6.07, 6.45) is 1.13. The van der Waals surface area contributed by atoms with Crippen molar-refractivity contribution in [3.05, 3.63) is 21.3 Å². The predicted molar refractivity (Wildman–Crippen MR) is 97.1 cm³/mol. The fraction of sp³-hybridized carbons (Fsp3) is 0.500. The quantitative estimate of drug-likeness (QED) is 0.616. The maximum atomic E-state index is 12.2. The average molecular weight is 434 g/mol. The van der Waals surface area contributed by atoms with Crippen LogP contribution in [0, 0.1) is 3.57 Å². The summed E-state index contributed by atoms with van der Waals surface area (Å²) in [6.45, 7) is 4.24. The van der Waals surface area contributed by atoms with Crippen LogP contribution < -0.4 is 20.1 Å². The molecule has 0 saturated carbocycles. The fourth-order valence-corrected chi connectivity index (χ4v) is 2.55. The molecule has 0 fully saturated rings. The van der Waals surface area contributed by atoms with Crippen molar-refractivity contribution in [3.63, 3.8) is 0 Å². The van der Waals surface area contributed by atoms with E-state index in [-0.39, 0.29) is 30.8 Å². The zero-order chi connectivity index (χ0) is 17.4. The smallest absolute Gasteiger partial charge is 0.252 e. The molecule has 0 spiro atoms. The van der Waals surface area contributed by atoms with Gasteiger partial charge in [0.05, 0.1) is 19.8 Å². The average Bonchev–Trinajstić information content (AvgIpc) is 2.53. The molecule has 0 aliphatic carbocycles. The minimum atomic E-state index is -0.244. The lowest BCUT2D eigenvalue weighted by molar-refractivity contribution is -0.121. The molecule has 0 aliphatic rings. The lowest BCUT2D eigenvalue weighted by Crippen LogP contribution is -2.35. The van der Waals surface area contributed by atoms with Crippen molar-refractivity contribution in [3.8, 4) is 11.5 Å². The van der Waals surface area contributed by atoms with E-state index in [4.69, 9.17) is 9.47 Å². The Morgan fingerprint density at radius 2 is 1.83 bits per heavy atom. The first-order chi connectivity index (χ1) is 10.9.